The maximum atomic E-state index is 4.51. The van der Waals surface area contributed by atoms with Crippen LogP contribution in [0.2, 0.25) is 0 Å². The van der Waals surface area contributed by atoms with Crippen LogP contribution >= 0.6 is 0 Å². The summed E-state index contributed by atoms with van der Waals surface area (Å²) in [5.74, 6) is 1.35. The van der Waals surface area contributed by atoms with Gasteiger partial charge in [-0.15, -0.1) is 0 Å². The summed E-state index contributed by atoms with van der Waals surface area (Å²) in [4.78, 5) is 12.8. The lowest BCUT2D eigenvalue weighted by Gasteiger charge is -2.19. The normalized spacial score (nSPS) is 11.2. The first-order chi connectivity index (χ1) is 12.0. The molecule has 1 aromatic carbocycles. The molecule has 0 atom stereocenters. The first-order valence-electron chi connectivity index (χ1n) is 8.34. The third-order valence-electron chi connectivity index (χ3n) is 3.89. The van der Waals surface area contributed by atoms with E-state index in [1.807, 2.05) is 18.2 Å². The average Bonchev–Trinajstić information content (AvgIpc) is 2.61. The van der Waals surface area contributed by atoms with Crippen molar-refractivity contribution in [1.29, 1.82) is 0 Å². The van der Waals surface area contributed by atoms with Crippen molar-refractivity contribution in [3.63, 3.8) is 0 Å². The summed E-state index contributed by atoms with van der Waals surface area (Å²) < 4.78 is 0. The second-order valence-electron chi connectivity index (χ2n) is 6.93. The Bertz CT molecular complexity index is 807. The molecule has 5 nitrogen and oxygen atoms in total. The van der Waals surface area contributed by atoms with Crippen LogP contribution in [0.15, 0.2) is 61.1 Å². The zero-order chi connectivity index (χ0) is 17.7. The molecule has 2 aromatic heterocycles. The van der Waals surface area contributed by atoms with E-state index in [-0.39, 0.29) is 5.41 Å². The molecule has 25 heavy (non-hydrogen) atoms. The highest BCUT2D eigenvalue weighted by Crippen LogP contribution is 2.24. The molecule has 3 aromatic rings. The van der Waals surface area contributed by atoms with E-state index < -0.39 is 0 Å². The van der Waals surface area contributed by atoms with E-state index in [1.165, 1.54) is 5.56 Å². The van der Waals surface area contributed by atoms with Crippen LogP contribution in [-0.2, 0) is 12.0 Å². The van der Waals surface area contributed by atoms with Crippen LogP contribution in [0.4, 0.5) is 17.5 Å². The average molecular weight is 333 g/mol. The van der Waals surface area contributed by atoms with Crippen molar-refractivity contribution in [2.75, 3.05) is 10.6 Å². The molecular formula is C20H23N5. The molecule has 5 heteroatoms. The lowest BCUT2D eigenvalue weighted by molar-refractivity contribution is 0.590. The molecule has 128 valence electrons. The molecule has 0 spiro atoms. The number of rotatable bonds is 5. The molecule has 0 aliphatic heterocycles. The number of pyridine rings is 1. The Labute approximate surface area is 148 Å². The van der Waals surface area contributed by atoms with E-state index in [9.17, 15) is 0 Å². The Morgan fingerprint density at radius 1 is 0.880 bits per heavy atom. The molecule has 0 radical (unpaired) electrons. The van der Waals surface area contributed by atoms with Crippen LogP contribution in [-0.4, -0.2) is 15.0 Å². The zero-order valence-electron chi connectivity index (χ0n) is 14.8. The monoisotopic (exact) mass is 333 g/mol. The first kappa shape index (κ1) is 16.9. The molecule has 0 fully saturated rings. The molecular weight excluding hydrogens is 310 g/mol. The van der Waals surface area contributed by atoms with Crippen molar-refractivity contribution < 1.29 is 0 Å². The van der Waals surface area contributed by atoms with Crippen LogP contribution in [0, 0.1) is 0 Å². The Hall–Kier alpha value is -2.95. The van der Waals surface area contributed by atoms with Gasteiger partial charge >= 0.3 is 0 Å². The first-order valence-corrected chi connectivity index (χ1v) is 8.34. The maximum Gasteiger partial charge on any atom is 0.229 e. The number of nitrogens with one attached hydrogen (secondary N) is 2. The lowest BCUT2D eigenvalue weighted by Crippen LogP contribution is -2.10. The second-order valence-corrected chi connectivity index (χ2v) is 6.93. The van der Waals surface area contributed by atoms with E-state index in [4.69, 9.17) is 0 Å². The molecule has 0 aliphatic rings. The van der Waals surface area contributed by atoms with Gasteiger partial charge in [-0.25, -0.2) is 4.98 Å². The van der Waals surface area contributed by atoms with E-state index in [0.717, 1.165) is 17.1 Å². The summed E-state index contributed by atoms with van der Waals surface area (Å²) >= 11 is 0. The summed E-state index contributed by atoms with van der Waals surface area (Å²) in [7, 11) is 0. The van der Waals surface area contributed by atoms with Gasteiger partial charge in [0.15, 0.2) is 0 Å². The van der Waals surface area contributed by atoms with Gasteiger partial charge in [0.25, 0.3) is 0 Å². The van der Waals surface area contributed by atoms with Crippen LogP contribution in [0.5, 0.6) is 0 Å². The zero-order valence-corrected chi connectivity index (χ0v) is 14.8. The predicted molar refractivity (Wildman–Crippen MR) is 102 cm³/mol. The van der Waals surface area contributed by atoms with Gasteiger partial charge in [0.05, 0.1) is 0 Å². The van der Waals surface area contributed by atoms with Crippen molar-refractivity contribution >= 4 is 17.5 Å². The van der Waals surface area contributed by atoms with Gasteiger partial charge in [-0.1, -0.05) is 32.9 Å². The highest BCUT2D eigenvalue weighted by atomic mass is 15.1. The Kier molecular flexibility index (Phi) is 4.93. The van der Waals surface area contributed by atoms with E-state index in [0.29, 0.717) is 12.5 Å². The highest BCUT2D eigenvalue weighted by Gasteiger charge is 2.12. The molecule has 0 saturated carbocycles. The van der Waals surface area contributed by atoms with Crippen molar-refractivity contribution in [3.05, 3.63) is 72.2 Å². The molecule has 0 amide bonds. The van der Waals surface area contributed by atoms with Gasteiger partial charge in [0.1, 0.15) is 5.82 Å². The second kappa shape index (κ2) is 7.30. The predicted octanol–water partition coefficient (Wildman–Crippen LogP) is 4.52. The van der Waals surface area contributed by atoms with Crippen LogP contribution in [0.25, 0.3) is 0 Å². The molecule has 0 saturated heterocycles. The van der Waals surface area contributed by atoms with Gasteiger partial charge in [-0.05, 0) is 46.9 Å². The number of anilines is 3. The van der Waals surface area contributed by atoms with Crippen LogP contribution < -0.4 is 10.6 Å². The summed E-state index contributed by atoms with van der Waals surface area (Å²) in [5.41, 5.74) is 3.57. The minimum atomic E-state index is 0.145. The van der Waals surface area contributed by atoms with Crippen molar-refractivity contribution in [1.82, 2.24) is 15.0 Å². The number of hydrogen-bond donors (Lipinski definition) is 2. The van der Waals surface area contributed by atoms with Crippen molar-refractivity contribution in [2.24, 2.45) is 0 Å². The third-order valence-corrected chi connectivity index (χ3v) is 3.89. The molecule has 0 bridgehead atoms. The van der Waals surface area contributed by atoms with Crippen LogP contribution in [0.3, 0.4) is 0 Å². The largest absolute Gasteiger partial charge is 0.366 e. The van der Waals surface area contributed by atoms with Crippen molar-refractivity contribution in [3.8, 4) is 0 Å². The number of nitrogens with zero attached hydrogens (tertiary/aromatic N) is 3. The molecule has 2 N–H and O–H groups in total. The van der Waals surface area contributed by atoms with Crippen LogP contribution in [0.1, 0.15) is 31.9 Å². The van der Waals surface area contributed by atoms with Gasteiger partial charge in [0, 0.05) is 30.8 Å². The molecule has 0 unspecified atom stereocenters. The lowest BCUT2D eigenvalue weighted by atomic mass is 9.87. The summed E-state index contributed by atoms with van der Waals surface area (Å²) in [6.07, 6.45) is 5.31. The topological polar surface area (TPSA) is 62.7 Å². The molecule has 0 aliphatic carbocycles. The quantitative estimate of drug-likeness (QED) is 0.718. The van der Waals surface area contributed by atoms with E-state index in [2.05, 4.69) is 70.6 Å². The number of aromatic nitrogens is 3. The van der Waals surface area contributed by atoms with E-state index >= 15 is 0 Å². The fraction of sp³-hybridized carbons (Fsp3) is 0.250. The summed E-state index contributed by atoms with van der Waals surface area (Å²) in [6, 6.07) is 14.2. The third kappa shape index (κ3) is 4.76. The molecule has 2 heterocycles. The smallest absolute Gasteiger partial charge is 0.229 e. The highest BCUT2D eigenvalue weighted by molar-refractivity contribution is 5.55. The van der Waals surface area contributed by atoms with Gasteiger partial charge < -0.3 is 10.6 Å². The summed E-state index contributed by atoms with van der Waals surface area (Å²) in [5, 5.41) is 6.55. The fourth-order valence-corrected chi connectivity index (χ4v) is 2.39. The van der Waals surface area contributed by atoms with Gasteiger partial charge in [-0.3, -0.25) is 4.98 Å². The minimum Gasteiger partial charge on any atom is -0.366 e. The standard InChI is InChI=1S/C20H23N5/c1-20(2,3)16-4-6-17(7-5-16)24-19-22-13-10-18(25-19)23-14-15-8-11-21-12-9-15/h4-13H,14H2,1-3H3,(H2,22,23,24,25). The maximum absolute atomic E-state index is 4.51. The number of benzene rings is 1. The minimum absolute atomic E-state index is 0.145. The van der Waals surface area contributed by atoms with E-state index in [1.54, 1.807) is 18.6 Å². The van der Waals surface area contributed by atoms with Gasteiger partial charge in [-0.2, -0.15) is 4.98 Å². The Balaban J connectivity index is 1.65. The SMILES string of the molecule is CC(C)(C)c1ccc(Nc2nccc(NCc3ccncc3)n2)cc1. The number of hydrogen-bond acceptors (Lipinski definition) is 5. The van der Waals surface area contributed by atoms with Crippen molar-refractivity contribution in [2.45, 2.75) is 32.7 Å². The molecule has 3 rings (SSSR count). The Morgan fingerprint density at radius 3 is 2.28 bits per heavy atom. The van der Waals surface area contributed by atoms with Gasteiger partial charge in [0.2, 0.25) is 5.95 Å². The Morgan fingerprint density at radius 2 is 1.60 bits per heavy atom. The summed E-state index contributed by atoms with van der Waals surface area (Å²) in [6.45, 7) is 7.31. The fourth-order valence-electron chi connectivity index (χ4n) is 2.39.